The van der Waals surface area contributed by atoms with Crippen molar-refractivity contribution in [3.05, 3.63) is 65.6 Å². The van der Waals surface area contributed by atoms with Crippen LogP contribution in [0.3, 0.4) is 0 Å². The van der Waals surface area contributed by atoms with Gasteiger partial charge in [-0.05, 0) is 48.0 Å². The molecule has 0 radical (unpaired) electrons. The van der Waals surface area contributed by atoms with Crippen LogP contribution >= 0.6 is 11.6 Å². The van der Waals surface area contributed by atoms with Crippen LogP contribution < -0.4 is 10.2 Å². The zero-order chi connectivity index (χ0) is 14.9. The van der Waals surface area contributed by atoms with Gasteiger partial charge in [-0.3, -0.25) is 4.79 Å². The highest BCUT2D eigenvalue weighted by Crippen LogP contribution is 2.11. The summed E-state index contributed by atoms with van der Waals surface area (Å²) in [6.07, 6.45) is 4.65. The van der Waals surface area contributed by atoms with Crippen LogP contribution in [0.1, 0.15) is 16.1 Å². The van der Waals surface area contributed by atoms with Crippen molar-refractivity contribution in [1.29, 1.82) is 0 Å². The molecule has 0 aliphatic carbocycles. The van der Waals surface area contributed by atoms with E-state index in [1.807, 2.05) is 12.1 Å². The Bertz CT molecular complexity index is 619. The minimum absolute atomic E-state index is 0.211. The molecule has 0 aliphatic rings. The average molecular weight is 305 g/mol. The van der Waals surface area contributed by atoms with Crippen molar-refractivity contribution in [2.75, 3.05) is 6.61 Å². The second kappa shape index (κ2) is 7.91. The van der Waals surface area contributed by atoms with Gasteiger partial charge in [0.25, 0.3) is 0 Å². The molecule has 108 valence electrons. The highest BCUT2D eigenvalue weighted by molar-refractivity contribution is 6.25. The molecular weight excluding hydrogens is 292 g/mol. The molecule has 0 fully saturated rings. The molecule has 1 amide bonds. The Morgan fingerprint density at radius 3 is 2.81 bits per heavy atom. The Kier molecular flexibility index (Phi) is 5.60. The molecule has 0 saturated heterocycles. The number of furan rings is 1. The Balaban J connectivity index is 1.85. The van der Waals surface area contributed by atoms with Crippen molar-refractivity contribution in [2.45, 2.75) is 0 Å². The molecule has 0 spiro atoms. The molecule has 21 heavy (non-hydrogen) atoms. The summed E-state index contributed by atoms with van der Waals surface area (Å²) in [4.78, 5) is 11.5. The first-order valence-corrected chi connectivity index (χ1v) is 6.58. The largest absolute Gasteiger partial charge is 0.490 e. The third-order valence-electron chi connectivity index (χ3n) is 2.44. The predicted molar refractivity (Wildman–Crippen MR) is 80.7 cm³/mol. The van der Waals surface area contributed by atoms with Crippen molar-refractivity contribution in [2.24, 2.45) is 5.10 Å². The van der Waals surface area contributed by atoms with E-state index in [1.54, 1.807) is 30.3 Å². The van der Waals surface area contributed by atoms with Crippen molar-refractivity contribution < 1.29 is 13.9 Å². The van der Waals surface area contributed by atoms with Gasteiger partial charge in [-0.2, -0.15) is 5.10 Å². The summed E-state index contributed by atoms with van der Waals surface area (Å²) in [5.74, 6) is 0.536. The van der Waals surface area contributed by atoms with E-state index in [4.69, 9.17) is 20.8 Å². The Morgan fingerprint density at radius 1 is 1.33 bits per heavy atom. The van der Waals surface area contributed by atoms with E-state index < -0.39 is 5.91 Å². The molecule has 1 heterocycles. The Morgan fingerprint density at radius 2 is 2.14 bits per heavy atom. The second-order valence-corrected chi connectivity index (χ2v) is 4.17. The van der Waals surface area contributed by atoms with E-state index in [0.717, 1.165) is 11.3 Å². The molecule has 0 atom stereocenters. The normalized spacial score (nSPS) is 11.1. The highest BCUT2D eigenvalue weighted by Gasteiger charge is 2.05. The summed E-state index contributed by atoms with van der Waals surface area (Å²) < 4.78 is 10.3. The summed E-state index contributed by atoms with van der Waals surface area (Å²) in [6.45, 7) is 0.413. The molecule has 0 aliphatic heterocycles. The maximum Gasteiger partial charge on any atom is 0.307 e. The zero-order valence-corrected chi connectivity index (χ0v) is 11.8. The lowest BCUT2D eigenvalue weighted by Crippen LogP contribution is -2.16. The molecule has 1 N–H and O–H groups in total. The van der Waals surface area contributed by atoms with E-state index in [9.17, 15) is 4.79 Å². The Labute approximate surface area is 126 Å². The number of nitrogens with one attached hydrogen (secondary N) is 1. The van der Waals surface area contributed by atoms with E-state index in [1.165, 1.54) is 18.0 Å². The molecule has 2 aromatic rings. The summed E-state index contributed by atoms with van der Waals surface area (Å²) in [7, 11) is 0. The van der Waals surface area contributed by atoms with Crippen LogP contribution in [-0.4, -0.2) is 18.7 Å². The SMILES string of the molecule is O=C(NN=Cc1ccc(OCC=CCl)cc1)c1ccco1. The van der Waals surface area contributed by atoms with Gasteiger partial charge < -0.3 is 9.15 Å². The molecule has 0 unspecified atom stereocenters. The monoisotopic (exact) mass is 304 g/mol. The van der Waals surface area contributed by atoms with Crippen LogP contribution in [0.15, 0.2) is 63.8 Å². The smallest absolute Gasteiger partial charge is 0.307 e. The molecule has 1 aromatic heterocycles. The topological polar surface area (TPSA) is 63.8 Å². The van der Waals surface area contributed by atoms with Crippen molar-refractivity contribution in [3.8, 4) is 5.75 Å². The second-order valence-electron chi connectivity index (χ2n) is 3.92. The lowest BCUT2D eigenvalue weighted by molar-refractivity contribution is 0.0927. The first-order valence-electron chi connectivity index (χ1n) is 6.14. The third-order valence-corrected chi connectivity index (χ3v) is 2.62. The van der Waals surface area contributed by atoms with Crippen LogP contribution in [0.5, 0.6) is 5.75 Å². The van der Waals surface area contributed by atoms with Crippen LogP contribution in [0, 0.1) is 0 Å². The summed E-state index contributed by atoms with van der Waals surface area (Å²) >= 11 is 5.39. The van der Waals surface area contributed by atoms with E-state index in [2.05, 4.69) is 10.5 Å². The number of rotatable bonds is 6. The first kappa shape index (κ1) is 14.9. The van der Waals surface area contributed by atoms with Gasteiger partial charge >= 0.3 is 5.91 Å². The van der Waals surface area contributed by atoms with Gasteiger partial charge in [0.05, 0.1) is 12.5 Å². The number of carbonyl (C=O) groups excluding carboxylic acids is 1. The van der Waals surface area contributed by atoms with Gasteiger partial charge in [0.2, 0.25) is 0 Å². The number of ether oxygens (including phenoxy) is 1. The molecule has 2 rings (SSSR count). The number of nitrogens with zero attached hydrogens (tertiary/aromatic N) is 1. The quantitative estimate of drug-likeness (QED) is 0.658. The number of hydrogen-bond acceptors (Lipinski definition) is 4. The number of amides is 1. The molecule has 0 bridgehead atoms. The van der Waals surface area contributed by atoms with Crippen molar-refractivity contribution >= 4 is 23.7 Å². The number of halogens is 1. The zero-order valence-electron chi connectivity index (χ0n) is 11.0. The van der Waals surface area contributed by atoms with Crippen molar-refractivity contribution in [1.82, 2.24) is 5.43 Å². The Hall–Kier alpha value is -2.53. The maximum atomic E-state index is 11.5. The van der Waals surface area contributed by atoms with Gasteiger partial charge in [-0.15, -0.1) is 0 Å². The highest BCUT2D eigenvalue weighted by atomic mass is 35.5. The van der Waals surface area contributed by atoms with Gasteiger partial charge in [0.1, 0.15) is 12.4 Å². The minimum Gasteiger partial charge on any atom is -0.490 e. The van der Waals surface area contributed by atoms with Crippen molar-refractivity contribution in [3.63, 3.8) is 0 Å². The fraction of sp³-hybridized carbons (Fsp3) is 0.0667. The number of hydrogen-bond donors (Lipinski definition) is 1. The molecule has 5 nitrogen and oxygen atoms in total. The third kappa shape index (κ3) is 4.81. The lowest BCUT2D eigenvalue weighted by Gasteiger charge is -2.02. The summed E-state index contributed by atoms with van der Waals surface area (Å²) in [6, 6.07) is 10.4. The number of hydrazone groups is 1. The number of carbonyl (C=O) groups is 1. The van der Waals surface area contributed by atoms with Crippen LogP contribution in [0.2, 0.25) is 0 Å². The van der Waals surface area contributed by atoms with Crippen LogP contribution in [-0.2, 0) is 0 Å². The minimum atomic E-state index is -0.399. The molecule has 6 heteroatoms. The molecule has 1 aromatic carbocycles. The maximum absolute atomic E-state index is 11.5. The molecule has 0 saturated carbocycles. The molecular formula is C15H13ClN2O3. The van der Waals surface area contributed by atoms with Crippen LogP contribution in [0.25, 0.3) is 0 Å². The standard InChI is InChI=1S/C15H13ClN2O3/c16-8-2-10-20-13-6-4-12(5-7-13)11-17-18-15(19)14-3-1-9-21-14/h1-9,11H,10H2,(H,18,19). The summed E-state index contributed by atoms with van der Waals surface area (Å²) in [5.41, 5.74) is 4.61. The van der Waals surface area contributed by atoms with Gasteiger partial charge in [-0.1, -0.05) is 11.6 Å². The van der Waals surface area contributed by atoms with E-state index in [-0.39, 0.29) is 5.76 Å². The fourth-order valence-corrected chi connectivity index (χ4v) is 1.53. The number of benzene rings is 1. The van der Waals surface area contributed by atoms with E-state index in [0.29, 0.717) is 6.61 Å². The van der Waals surface area contributed by atoms with E-state index >= 15 is 0 Å². The van der Waals surface area contributed by atoms with Gasteiger partial charge in [0.15, 0.2) is 5.76 Å². The van der Waals surface area contributed by atoms with Crippen LogP contribution in [0.4, 0.5) is 0 Å². The van der Waals surface area contributed by atoms with Gasteiger partial charge in [-0.25, -0.2) is 5.43 Å². The lowest BCUT2D eigenvalue weighted by atomic mass is 10.2. The first-order chi connectivity index (χ1) is 10.3. The predicted octanol–water partition coefficient (Wildman–Crippen LogP) is 3.17. The average Bonchev–Trinajstić information content (AvgIpc) is 3.03. The fourth-order valence-electron chi connectivity index (χ4n) is 1.46. The summed E-state index contributed by atoms with van der Waals surface area (Å²) in [5, 5.41) is 3.85. The van der Waals surface area contributed by atoms with Gasteiger partial charge in [0, 0.05) is 5.54 Å².